The van der Waals surface area contributed by atoms with Crippen molar-refractivity contribution in [2.45, 2.75) is 13.3 Å². The van der Waals surface area contributed by atoms with E-state index in [1.54, 1.807) is 23.9 Å². The molecule has 0 saturated carbocycles. The number of carbonyl (C=O) groups excluding carboxylic acids is 1. The molecular formula is C9H17N3O2. The first-order valence-electron chi connectivity index (χ1n) is 4.73. The number of likely N-dealkylation sites (tertiary alicyclic amines) is 1. The van der Waals surface area contributed by atoms with E-state index in [4.69, 9.17) is 5.21 Å². The third kappa shape index (κ3) is 2.16. The summed E-state index contributed by atoms with van der Waals surface area (Å²) >= 11 is 0. The van der Waals surface area contributed by atoms with E-state index in [0.717, 1.165) is 5.71 Å². The van der Waals surface area contributed by atoms with Gasteiger partial charge in [-0.15, -0.1) is 0 Å². The Labute approximate surface area is 84.0 Å². The second kappa shape index (κ2) is 4.30. The van der Waals surface area contributed by atoms with Crippen molar-refractivity contribution in [1.29, 1.82) is 0 Å². The van der Waals surface area contributed by atoms with Gasteiger partial charge in [-0.05, 0) is 0 Å². The molecule has 0 spiro atoms. The molecule has 0 aliphatic carbocycles. The smallest absolute Gasteiger partial charge is 0.319 e. The van der Waals surface area contributed by atoms with Gasteiger partial charge in [-0.1, -0.05) is 12.1 Å². The number of rotatable bonds is 0. The Balaban J connectivity index is 2.59. The maximum atomic E-state index is 11.6. The fourth-order valence-corrected chi connectivity index (χ4v) is 1.63. The lowest BCUT2D eigenvalue weighted by atomic mass is 9.98. The number of amides is 2. The Morgan fingerprint density at radius 1 is 1.64 bits per heavy atom. The van der Waals surface area contributed by atoms with Crippen LogP contribution in [0.4, 0.5) is 4.79 Å². The first-order valence-corrected chi connectivity index (χ1v) is 4.73. The molecule has 2 amide bonds. The van der Waals surface area contributed by atoms with Gasteiger partial charge in [0.25, 0.3) is 0 Å². The molecule has 1 aliphatic heterocycles. The first-order chi connectivity index (χ1) is 6.56. The number of hydrogen-bond acceptors (Lipinski definition) is 3. The zero-order chi connectivity index (χ0) is 10.7. The van der Waals surface area contributed by atoms with Gasteiger partial charge in [-0.25, -0.2) is 4.79 Å². The maximum Gasteiger partial charge on any atom is 0.319 e. The van der Waals surface area contributed by atoms with Crippen LogP contribution in [-0.4, -0.2) is 53.9 Å². The van der Waals surface area contributed by atoms with Gasteiger partial charge in [-0.3, -0.25) is 0 Å². The maximum absolute atomic E-state index is 11.6. The summed E-state index contributed by atoms with van der Waals surface area (Å²) in [6.45, 7) is 3.24. The fraction of sp³-hybridized carbons (Fsp3) is 0.778. The SMILES string of the molecule is CC1CN(C(=O)N(C)C)CC/C1=N\O. The molecule has 1 fully saturated rings. The van der Waals surface area contributed by atoms with Crippen molar-refractivity contribution in [2.75, 3.05) is 27.2 Å². The van der Waals surface area contributed by atoms with E-state index >= 15 is 0 Å². The molecule has 0 aromatic heterocycles. The number of hydrogen-bond donors (Lipinski definition) is 1. The minimum atomic E-state index is 0.0221. The van der Waals surface area contributed by atoms with Gasteiger partial charge in [0, 0.05) is 39.5 Å². The molecule has 1 atom stereocenters. The third-order valence-corrected chi connectivity index (χ3v) is 2.48. The Hall–Kier alpha value is -1.26. The molecule has 0 bridgehead atoms. The summed E-state index contributed by atoms with van der Waals surface area (Å²) in [6, 6.07) is 0.0221. The third-order valence-electron chi connectivity index (χ3n) is 2.48. The molecule has 1 aliphatic rings. The van der Waals surface area contributed by atoms with Gasteiger partial charge in [0.05, 0.1) is 5.71 Å². The molecule has 0 aromatic rings. The predicted molar refractivity (Wildman–Crippen MR) is 53.7 cm³/mol. The summed E-state index contributed by atoms with van der Waals surface area (Å²) in [5.74, 6) is 0.151. The molecule has 80 valence electrons. The summed E-state index contributed by atoms with van der Waals surface area (Å²) in [5.41, 5.74) is 0.785. The van der Waals surface area contributed by atoms with E-state index < -0.39 is 0 Å². The number of piperidine rings is 1. The summed E-state index contributed by atoms with van der Waals surface area (Å²) in [5, 5.41) is 11.9. The summed E-state index contributed by atoms with van der Waals surface area (Å²) in [6.07, 6.45) is 0.664. The Morgan fingerprint density at radius 2 is 2.29 bits per heavy atom. The summed E-state index contributed by atoms with van der Waals surface area (Å²) in [7, 11) is 3.48. The molecule has 1 N–H and O–H groups in total. The average molecular weight is 199 g/mol. The van der Waals surface area contributed by atoms with Gasteiger partial charge in [0.15, 0.2) is 0 Å². The minimum Gasteiger partial charge on any atom is -0.411 e. The van der Waals surface area contributed by atoms with Gasteiger partial charge in [0.1, 0.15) is 0 Å². The monoisotopic (exact) mass is 199 g/mol. The molecule has 1 saturated heterocycles. The van der Waals surface area contributed by atoms with E-state index in [9.17, 15) is 4.79 Å². The molecule has 1 unspecified atom stereocenters. The van der Waals surface area contributed by atoms with Gasteiger partial charge >= 0.3 is 6.03 Å². The van der Waals surface area contributed by atoms with E-state index in [1.165, 1.54) is 0 Å². The number of nitrogens with zero attached hydrogens (tertiary/aromatic N) is 3. The second-order valence-corrected chi connectivity index (χ2v) is 3.87. The van der Waals surface area contributed by atoms with Crippen LogP contribution in [0, 0.1) is 5.92 Å². The summed E-state index contributed by atoms with van der Waals surface area (Å²) < 4.78 is 0. The van der Waals surface area contributed by atoms with Crippen molar-refractivity contribution in [3.05, 3.63) is 0 Å². The molecule has 14 heavy (non-hydrogen) atoms. The highest BCUT2D eigenvalue weighted by Crippen LogP contribution is 2.14. The molecular weight excluding hydrogens is 182 g/mol. The lowest BCUT2D eigenvalue weighted by Gasteiger charge is -2.33. The van der Waals surface area contributed by atoms with E-state index in [0.29, 0.717) is 19.5 Å². The second-order valence-electron chi connectivity index (χ2n) is 3.87. The van der Waals surface area contributed by atoms with Crippen LogP contribution in [0.3, 0.4) is 0 Å². The van der Waals surface area contributed by atoms with Crippen molar-refractivity contribution >= 4 is 11.7 Å². The zero-order valence-corrected chi connectivity index (χ0v) is 8.90. The topological polar surface area (TPSA) is 56.1 Å². The normalized spacial score (nSPS) is 25.2. The summed E-state index contributed by atoms with van der Waals surface area (Å²) in [4.78, 5) is 14.9. The van der Waals surface area contributed by atoms with Gasteiger partial charge < -0.3 is 15.0 Å². The van der Waals surface area contributed by atoms with Crippen molar-refractivity contribution in [2.24, 2.45) is 11.1 Å². The van der Waals surface area contributed by atoms with Crippen LogP contribution in [0.2, 0.25) is 0 Å². The number of urea groups is 1. The molecule has 5 nitrogen and oxygen atoms in total. The van der Waals surface area contributed by atoms with Crippen LogP contribution in [0.5, 0.6) is 0 Å². The van der Waals surface area contributed by atoms with Gasteiger partial charge in [0.2, 0.25) is 0 Å². The van der Waals surface area contributed by atoms with Crippen LogP contribution < -0.4 is 0 Å². The van der Waals surface area contributed by atoms with Crippen LogP contribution in [-0.2, 0) is 0 Å². The Morgan fingerprint density at radius 3 is 2.71 bits per heavy atom. The predicted octanol–water partition coefficient (Wildman–Crippen LogP) is 0.840. The van der Waals surface area contributed by atoms with E-state index in [1.807, 2.05) is 6.92 Å². The van der Waals surface area contributed by atoms with Crippen LogP contribution in [0.15, 0.2) is 5.16 Å². The number of oxime groups is 1. The van der Waals surface area contributed by atoms with Crippen LogP contribution in [0.1, 0.15) is 13.3 Å². The fourth-order valence-electron chi connectivity index (χ4n) is 1.63. The quantitative estimate of drug-likeness (QED) is 0.464. The highest BCUT2D eigenvalue weighted by molar-refractivity contribution is 5.88. The van der Waals surface area contributed by atoms with E-state index in [2.05, 4.69) is 5.16 Å². The zero-order valence-electron chi connectivity index (χ0n) is 8.90. The standard InChI is InChI=1S/C9H17N3O2/c1-7-6-12(9(13)11(2)3)5-4-8(7)10-14/h7,14H,4-6H2,1-3H3/b10-8+. The largest absolute Gasteiger partial charge is 0.411 e. The molecule has 1 heterocycles. The highest BCUT2D eigenvalue weighted by Gasteiger charge is 2.26. The molecule has 0 aromatic carbocycles. The minimum absolute atomic E-state index is 0.0221. The van der Waals surface area contributed by atoms with Crippen LogP contribution >= 0.6 is 0 Å². The average Bonchev–Trinajstić information content (AvgIpc) is 2.16. The van der Waals surface area contributed by atoms with Crippen molar-refractivity contribution < 1.29 is 10.0 Å². The molecule has 0 radical (unpaired) electrons. The molecule has 1 rings (SSSR count). The number of carbonyl (C=O) groups is 1. The highest BCUT2D eigenvalue weighted by atomic mass is 16.4. The Bertz CT molecular complexity index is 250. The lowest BCUT2D eigenvalue weighted by Crippen LogP contribution is -2.47. The van der Waals surface area contributed by atoms with Crippen LogP contribution in [0.25, 0.3) is 0 Å². The Kier molecular flexibility index (Phi) is 3.33. The van der Waals surface area contributed by atoms with Crippen molar-refractivity contribution in [3.63, 3.8) is 0 Å². The first kappa shape index (κ1) is 10.8. The van der Waals surface area contributed by atoms with Gasteiger partial charge in [-0.2, -0.15) is 0 Å². The van der Waals surface area contributed by atoms with Crippen molar-refractivity contribution in [1.82, 2.24) is 9.80 Å². The molecule has 5 heteroatoms. The lowest BCUT2D eigenvalue weighted by molar-refractivity contribution is 0.163. The van der Waals surface area contributed by atoms with Crippen molar-refractivity contribution in [3.8, 4) is 0 Å². The van der Waals surface area contributed by atoms with E-state index in [-0.39, 0.29) is 11.9 Å².